The lowest BCUT2D eigenvalue weighted by Crippen LogP contribution is -2.27. The van der Waals surface area contributed by atoms with E-state index < -0.39 is 18.0 Å². The summed E-state index contributed by atoms with van der Waals surface area (Å²) in [5.74, 6) is -2.34. The van der Waals surface area contributed by atoms with Crippen LogP contribution in [0.1, 0.15) is 46.4 Å². The number of halogens is 4. The fraction of sp³-hybridized carbons (Fsp3) is 0.467. The third-order valence-corrected chi connectivity index (χ3v) is 8.05. The molecule has 2 N–H and O–H groups in total. The maximum absolute atomic E-state index is 12.3. The molecule has 1 rings (SSSR count). The predicted molar refractivity (Wildman–Crippen MR) is 103 cm³/mol. The molecule has 0 aliphatic rings. The van der Waals surface area contributed by atoms with Crippen molar-refractivity contribution < 1.29 is 29.6 Å². The van der Waals surface area contributed by atoms with Crippen LogP contribution in [0.2, 0.25) is 0 Å². The number of esters is 1. The van der Waals surface area contributed by atoms with Gasteiger partial charge >= 0.3 is 5.97 Å². The van der Waals surface area contributed by atoms with Gasteiger partial charge in [0, 0.05) is 30.1 Å². The molecule has 0 aliphatic carbocycles. The van der Waals surface area contributed by atoms with Crippen molar-refractivity contribution in [2.24, 2.45) is 0 Å². The number of carboxylic acid groups (broad SMARTS) is 1. The average Bonchev–Trinajstić information content (AvgIpc) is 2.57. The molecular formula is C15H15Br4O6-. The SMILES string of the molecule is O=C([O-])c1c(Br)c(Br)c(Br)c(Br)c1C(=O)OCCCC(O)CCCO. The third kappa shape index (κ3) is 6.28. The molecule has 0 aromatic heterocycles. The highest BCUT2D eigenvalue weighted by molar-refractivity contribution is 9.15. The van der Waals surface area contributed by atoms with Gasteiger partial charge in [-0.05, 0) is 89.4 Å². The standard InChI is InChI=1S/C15H16Br4O6/c16-10-8(14(22)23)9(11(17)13(19)12(10)18)15(24)25-6-2-4-7(21)3-1-5-20/h7,20-21H,1-6H2,(H,22,23)/p-1. The molecule has 6 nitrogen and oxygen atoms in total. The van der Waals surface area contributed by atoms with Gasteiger partial charge in [0.15, 0.2) is 0 Å². The van der Waals surface area contributed by atoms with Crippen molar-refractivity contribution in [3.05, 3.63) is 29.0 Å². The largest absolute Gasteiger partial charge is 0.545 e. The lowest BCUT2D eigenvalue weighted by molar-refractivity contribution is -0.255. The predicted octanol–water partition coefficient (Wildman–Crippen LogP) is 3.17. The first-order valence-electron chi connectivity index (χ1n) is 7.25. The zero-order chi connectivity index (χ0) is 19.1. The molecule has 1 unspecified atom stereocenters. The molecule has 0 saturated heterocycles. The minimum absolute atomic E-state index is 0.0133. The van der Waals surface area contributed by atoms with Crippen LogP contribution in [0.5, 0.6) is 0 Å². The summed E-state index contributed by atoms with van der Waals surface area (Å²) in [6.45, 7) is 0.0403. The summed E-state index contributed by atoms with van der Waals surface area (Å²) < 4.78 is 6.39. The zero-order valence-corrected chi connectivity index (χ0v) is 19.2. The van der Waals surface area contributed by atoms with Gasteiger partial charge in [0.2, 0.25) is 0 Å². The van der Waals surface area contributed by atoms with Gasteiger partial charge in [-0.3, -0.25) is 0 Å². The maximum atomic E-state index is 12.3. The summed E-state index contributed by atoms with van der Waals surface area (Å²) >= 11 is 12.8. The van der Waals surface area contributed by atoms with Crippen LogP contribution < -0.4 is 5.11 Å². The van der Waals surface area contributed by atoms with Crippen LogP contribution in [-0.4, -0.2) is 41.5 Å². The third-order valence-electron chi connectivity index (χ3n) is 3.29. The van der Waals surface area contributed by atoms with Crippen molar-refractivity contribution in [1.82, 2.24) is 0 Å². The van der Waals surface area contributed by atoms with Crippen LogP contribution in [0.15, 0.2) is 17.9 Å². The first-order chi connectivity index (χ1) is 11.7. The highest BCUT2D eigenvalue weighted by Crippen LogP contribution is 2.42. The summed E-state index contributed by atoms with van der Waals surface area (Å²) in [5, 5.41) is 29.8. The van der Waals surface area contributed by atoms with E-state index >= 15 is 0 Å². The zero-order valence-electron chi connectivity index (χ0n) is 12.9. The van der Waals surface area contributed by atoms with Crippen molar-refractivity contribution >= 4 is 75.7 Å². The van der Waals surface area contributed by atoms with Crippen LogP contribution >= 0.6 is 63.7 Å². The van der Waals surface area contributed by atoms with E-state index in [0.29, 0.717) is 34.6 Å². The molecule has 0 aliphatic heterocycles. The van der Waals surface area contributed by atoms with E-state index in [-0.39, 0.29) is 33.3 Å². The Balaban J connectivity index is 2.84. The van der Waals surface area contributed by atoms with Gasteiger partial charge in [0.25, 0.3) is 0 Å². The van der Waals surface area contributed by atoms with Gasteiger partial charge < -0.3 is 24.9 Å². The van der Waals surface area contributed by atoms with Gasteiger partial charge in [-0.1, -0.05) is 0 Å². The Morgan fingerprint density at radius 1 is 0.960 bits per heavy atom. The normalized spacial score (nSPS) is 12.1. The summed E-state index contributed by atoms with van der Waals surface area (Å²) in [5.41, 5.74) is -0.488. The molecule has 25 heavy (non-hydrogen) atoms. The Kier molecular flexibility index (Phi) is 10.1. The van der Waals surface area contributed by atoms with E-state index in [4.69, 9.17) is 9.84 Å². The van der Waals surface area contributed by atoms with E-state index in [1.54, 1.807) is 0 Å². The van der Waals surface area contributed by atoms with Crippen molar-refractivity contribution in [3.63, 3.8) is 0 Å². The van der Waals surface area contributed by atoms with Crippen molar-refractivity contribution in [2.75, 3.05) is 13.2 Å². The van der Waals surface area contributed by atoms with Crippen molar-refractivity contribution in [3.8, 4) is 0 Å². The Bertz CT molecular complexity index is 650. The van der Waals surface area contributed by atoms with Crippen LogP contribution in [0, 0.1) is 0 Å². The highest BCUT2D eigenvalue weighted by atomic mass is 79.9. The second kappa shape index (κ2) is 11.0. The van der Waals surface area contributed by atoms with E-state index in [0.717, 1.165) is 0 Å². The van der Waals surface area contributed by atoms with Crippen molar-refractivity contribution in [1.29, 1.82) is 0 Å². The summed E-state index contributed by atoms with van der Waals surface area (Å²) in [4.78, 5) is 23.8. The molecule has 1 aromatic carbocycles. The maximum Gasteiger partial charge on any atom is 0.340 e. The first-order valence-corrected chi connectivity index (χ1v) is 10.4. The second-order valence-electron chi connectivity index (χ2n) is 5.09. The molecular weight excluding hydrogens is 596 g/mol. The summed E-state index contributed by atoms with van der Waals surface area (Å²) in [7, 11) is 0. The van der Waals surface area contributed by atoms with Gasteiger partial charge in [-0.15, -0.1) is 0 Å². The minimum atomic E-state index is -1.52. The summed E-state index contributed by atoms with van der Waals surface area (Å²) in [6.07, 6.45) is 1.22. The quantitative estimate of drug-likeness (QED) is 0.193. The lowest BCUT2D eigenvalue weighted by atomic mass is 10.1. The molecule has 0 heterocycles. The minimum Gasteiger partial charge on any atom is -0.545 e. The number of benzene rings is 1. The molecule has 0 bridgehead atoms. The Morgan fingerprint density at radius 3 is 2.00 bits per heavy atom. The number of aromatic carboxylic acids is 1. The smallest absolute Gasteiger partial charge is 0.340 e. The molecule has 0 amide bonds. The van der Waals surface area contributed by atoms with Gasteiger partial charge in [-0.25, -0.2) is 4.79 Å². The fourth-order valence-corrected chi connectivity index (χ4v) is 4.48. The topological polar surface area (TPSA) is 107 Å². The van der Waals surface area contributed by atoms with Gasteiger partial charge in [0.05, 0.1) is 24.2 Å². The average molecular weight is 611 g/mol. The van der Waals surface area contributed by atoms with Crippen LogP contribution in [0.3, 0.4) is 0 Å². The first kappa shape index (κ1) is 23.0. The molecule has 0 spiro atoms. The Hall–Kier alpha value is -0.000000000000000153. The van der Waals surface area contributed by atoms with Crippen LogP contribution in [-0.2, 0) is 4.74 Å². The van der Waals surface area contributed by atoms with Gasteiger partial charge in [0.1, 0.15) is 0 Å². The number of hydrogen-bond acceptors (Lipinski definition) is 6. The Labute approximate surface area is 178 Å². The number of carbonyl (C=O) groups is 2. The molecule has 0 saturated carbocycles. The van der Waals surface area contributed by atoms with Crippen LogP contribution in [0.4, 0.5) is 0 Å². The number of hydrogen-bond donors (Lipinski definition) is 2. The second-order valence-corrected chi connectivity index (χ2v) is 8.26. The molecule has 0 fully saturated rings. The summed E-state index contributed by atoms with van der Waals surface area (Å²) in [6, 6.07) is 0. The molecule has 140 valence electrons. The lowest BCUT2D eigenvalue weighted by Gasteiger charge is -2.17. The number of carbonyl (C=O) groups excluding carboxylic acids is 2. The van der Waals surface area contributed by atoms with E-state index in [1.165, 1.54) is 0 Å². The van der Waals surface area contributed by atoms with Crippen LogP contribution in [0.25, 0.3) is 0 Å². The molecule has 10 heteroatoms. The Morgan fingerprint density at radius 2 is 1.48 bits per heavy atom. The highest BCUT2D eigenvalue weighted by Gasteiger charge is 2.25. The monoisotopic (exact) mass is 607 g/mol. The fourth-order valence-electron chi connectivity index (χ4n) is 2.04. The number of ether oxygens (including phenoxy) is 1. The van der Waals surface area contributed by atoms with Crippen molar-refractivity contribution in [2.45, 2.75) is 31.8 Å². The number of rotatable bonds is 9. The molecule has 0 radical (unpaired) electrons. The molecule has 1 aromatic rings. The van der Waals surface area contributed by atoms with E-state index in [1.807, 2.05) is 0 Å². The van der Waals surface area contributed by atoms with E-state index in [9.17, 15) is 19.8 Å². The van der Waals surface area contributed by atoms with E-state index in [2.05, 4.69) is 63.7 Å². The molecule has 1 atom stereocenters. The number of aliphatic hydroxyl groups excluding tert-OH is 2. The number of carboxylic acids is 1. The number of aliphatic hydroxyl groups is 2. The van der Waals surface area contributed by atoms with Gasteiger partial charge in [-0.2, -0.15) is 0 Å².